The van der Waals surface area contributed by atoms with Crippen LogP contribution in [0, 0.1) is 5.92 Å². The lowest BCUT2D eigenvalue weighted by molar-refractivity contribution is 0.0953. The van der Waals surface area contributed by atoms with Crippen LogP contribution in [0.25, 0.3) is 16.9 Å². The summed E-state index contributed by atoms with van der Waals surface area (Å²) in [5.41, 5.74) is 3.27. The lowest BCUT2D eigenvalue weighted by Crippen LogP contribution is -2.24. The highest BCUT2D eigenvalue weighted by Crippen LogP contribution is 2.31. The third-order valence-electron chi connectivity index (χ3n) is 4.59. The Balaban J connectivity index is 1.66. The molecule has 0 aromatic carbocycles. The molecule has 0 unspecified atom stereocenters. The highest BCUT2D eigenvalue weighted by atomic mass is 16.3. The van der Waals surface area contributed by atoms with Crippen LogP contribution in [0.15, 0.2) is 42.7 Å². The second-order valence-corrected chi connectivity index (χ2v) is 6.60. The number of nitrogens with zero attached hydrogens (tertiary/aromatic N) is 3. The Morgan fingerprint density at radius 1 is 1.28 bits per heavy atom. The van der Waals surface area contributed by atoms with Gasteiger partial charge in [0.25, 0.3) is 5.91 Å². The van der Waals surface area contributed by atoms with Crippen molar-refractivity contribution in [3.63, 3.8) is 0 Å². The van der Waals surface area contributed by atoms with Gasteiger partial charge >= 0.3 is 0 Å². The van der Waals surface area contributed by atoms with E-state index in [0.717, 1.165) is 29.4 Å². The van der Waals surface area contributed by atoms with Crippen molar-refractivity contribution in [2.75, 3.05) is 13.2 Å². The van der Waals surface area contributed by atoms with Gasteiger partial charge in [0.2, 0.25) is 0 Å². The Hall–Kier alpha value is -2.60. The Morgan fingerprint density at radius 2 is 2.16 bits per heavy atom. The minimum atomic E-state index is -0.124. The summed E-state index contributed by atoms with van der Waals surface area (Å²) in [5.74, 6) is 0.644. The van der Waals surface area contributed by atoms with E-state index >= 15 is 0 Å². The van der Waals surface area contributed by atoms with E-state index in [-0.39, 0.29) is 12.5 Å². The number of amides is 1. The molecule has 1 aliphatic rings. The molecule has 1 saturated carbocycles. The van der Waals surface area contributed by atoms with Crippen LogP contribution in [0.4, 0.5) is 0 Å². The van der Waals surface area contributed by atoms with Gasteiger partial charge < -0.3 is 14.8 Å². The van der Waals surface area contributed by atoms with Crippen LogP contribution >= 0.6 is 0 Å². The van der Waals surface area contributed by atoms with Gasteiger partial charge in [-0.3, -0.25) is 9.48 Å². The average Bonchev–Trinajstić information content (AvgIpc) is 3.17. The molecule has 0 spiro atoms. The number of aliphatic hydroxyl groups excluding tert-OH is 1. The standard InChI is InChI=1S/C19H22N4O2/c24-11-3-8-20-19(25)15-12-18(23-9-2-1-4-17(15)23)16-7-10-22(21-16)13-14-5-6-14/h1-2,4,7,9-10,12,14,24H,3,5-6,8,11,13H2,(H,20,25). The summed E-state index contributed by atoms with van der Waals surface area (Å²) in [6, 6.07) is 9.71. The molecule has 2 N–H and O–H groups in total. The molecule has 1 amide bonds. The Labute approximate surface area is 146 Å². The van der Waals surface area contributed by atoms with Crippen molar-refractivity contribution in [3.05, 3.63) is 48.3 Å². The molecular formula is C19H22N4O2. The molecular weight excluding hydrogens is 316 g/mol. The van der Waals surface area contributed by atoms with E-state index in [0.29, 0.717) is 18.5 Å². The lowest BCUT2D eigenvalue weighted by atomic mass is 10.2. The maximum Gasteiger partial charge on any atom is 0.253 e. The fourth-order valence-electron chi connectivity index (χ4n) is 3.07. The second-order valence-electron chi connectivity index (χ2n) is 6.60. The van der Waals surface area contributed by atoms with Gasteiger partial charge in [0.1, 0.15) is 5.69 Å². The topological polar surface area (TPSA) is 71.6 Å². The zero-order chi connectivity index (χ0) is 17.2. The van der Waals surface area contributed by atoms with Crippen LogP contribution < -0.4 is 5.32 Å². The first-order valence-corrected chi connectivity index (χ1v) is 8.79. The second kappa shape index (κ2) is 6.72. The molecule has 25 heavy (non-hydrogen) atoms. The monoisotopic (exact) mass is 338 g/mol. The van der Waals surface area contributed by atoms with Crippen molar-refractivity contribution in [2.45, 2.75) is 25.8 Å². The summed E-state index contributed by atoms with van der Waals surface area (Å²) in [7, 11) is 0. The van der Waals surface area contributed by atoms with Gasteiger partial charge in [-0.05, 0) is 49.4 Å². The van der Waals surface area contributed by atoms with E-state index in [2.05, 4.69) is 10.4 Å². The van der Waals surface area contributed by atoms with Crippen LogP contribution in [0.2, 0.25) is 0 Å². The number of rotatable bonds is 7. The predicted molar refractivity (Wildman–Crippen MR) is 95.4 cm³/mol. The summed E-state index contributed by atoms with van der Waals surface area (Å²) in [5, 5.41) is 16.4. The largest absolute Gasteiger partial charge is 0.396 e. The first kappa shape index (κ1) is 15.9. The molecule has 4 rings (SSSR count). The van der Waals surface area contributed by atoms with E-state index in [1.165, 1.54) is 12.8 Å². The smallest absolute Gasteiger partial charge is 0.253 e. The van der Waals surface area contributed by atoms with Gasteiger partial charge in [0.15, 0.2) is 0 Å². The van der Waals surface area contributed by atoms with Crippen molar-refractivity contribution in [1.29, 1.82) is 0 Å². The van der Waals surface area contributed by atoms with Gasteiger partial charge in [0, 0.05) is 32.1 Å². The molecule has 0 aliphatic heterocycles. The summed E-state index contributed by atoms with van der Waals surface area (Å²) in [4.78, 5) is 12.5. The highest BCUT2D eigenvalue weighted by Gasteiger charge is 2.22. The number of fused-ring (bicyclic) bond motifs is 1. The van der Waals surface area contributed by atoms with Crippen LogP contribution in [0.3, 0.4) is 0 Å². The van der Waals surface area contributed by atoms with Crippen LogP contribution in [0.5, 0.6) is 0 Å². The van der Waals surface area contributed by atoms with Crippen molar-refractivity contribution >= 4 is 11.4 Å². The zero-order valence-corrected chi connectivity index (χ0v) is 14.1. The van der Waals surface area contributed by atoms with Crippen molar-refractivity contribution in [1.82, 2.24) is 19.5 Å². The number of nitrogens with one attached hydrogen (secondary N) is 1. The van der Waals surface area contributed by atoms with E-state index in [4.69, 9.17) is 5.11 Å². The van der Waals surface area contributed by atoms with Gasteiger partial charge in [-0.25, -0.2) is 0 Å². The molecule has 1 aliphatic carbocycles. The van der Waals surface area contributed by atoms with Crippen molar-refractivity contribution < 1.29 is 9.90 Å². The highest BCUT2D eigenvalue weighted by molar-refractivity contribution is 6.02. The average molecular weight is 338 g/mol. The zero-order valence-electron chi connectivity index (χ0n) is 14.1. The Kier molecular flexibility index (Phi) is 4.28. The molecule has 3 aromatic heterocycles. The van der Waals surface area contributed by atoms with Gasteiger partial charge in [-0.1, -0.05) is 6.07 Å². The van der Waals surface area contributed by atoms with Crippen LogP contribution in [0.1, 0.15) is 29.6 Å². The normalized spacial score (nSPS) is 14.1. The number of pyridine rings is 1. The third-order valence-corrected chi connectivity index (χ3v) is 4.59. The Morgan fingerprint density at radius 3 is 2.96 bits per heavy atom. The summed E-state index contributed by atoms with van der Waals surface area (Å²) < 4.78 is 4.00. The van der Waals surface area contributed by atoms with Gasteiger partial charge in [0.05, 0.1) is 16.8 Å². The molecule has 130 valence electrons. The number of carbonyl (C=O) groups is 1. The SMILES string of the molecule is O=C(NCCCO)c1cc(-c2ccn(CC3CC3)n2)n2ccccc12. The van der Waals surface area contributed by atoms with Crippen molar-refractivity contribution in [2.24, 2.45) is 5.92 Å². The molecule has 0 radical (unpaired) electrons. The summed E-state index contributed by atoms with van der Waals surface area (Å²) in [6.45, 7) is 1.50. The molecule has 0 saturated heterocycles. The number of hydrogen-bond acceptors (Lipinski definition) is 3. The predicted octanol–water partition coefficient (Wildman–Crippen LogP) is 2.33. The van der Waals surface area contributed by atoms with Crippen LogP contribution in [-0.4, -0.2) is 38.3 Å². The first-order chi connectivity index (χ1) is 12.3. The van der Waals surface area contributed by atoms with Crippen molar-refractivity contribution in [3.8, 4) is 11.4 Å². The maximum atomic E-state index is 12.5. The quantitative estimate of drug-likeness (QED) is 0.650. The molecule has 1 fully saturated rings. The fourth-order valence-corrected chi connectivity index (χ4v) is 3.07. The minimum absolute atomic E-state index is 0.0699. The van der Waals surface area contributed by atoms with E-state index in [1.807, 2.05) is 51.8 Å². The number of aromatic nitrogens is 3. The molecule has 0 atom stereocenters. The molecule has 3 aromatic rings. The minimum Gasteiger partial charge on any atom is -0.396 e. The Bertz CT molecular complexity index is 892. The third kappa shape index (κ3) is 3.30. The molecule has 0 bridgehead atoms. The maximum absolute atomic E-state index is 12.5. The molecule has 3 heterocycles. The van der Waals surface area contributed by atoms with Gasteiger partial charge in [-0.15, -0.1) is 0 Å². The van der Waals surface area contributed by atoms with E-state index in [9.17, 15) is 4.79 Å². The number of hydrogen-bond donors (Lipinski definition) is 2. The first-order valence-electron chi connectivity index (χ1n) is 8.79. The molecule has 6 heteroatoms. The van der Waals surface area contributed by atoms with E-state index in [1.54, 1.807) is 0 Å². The fraction of sp³-hybridized carbons (Fsp3) is 0.368. The van der Waals surface area contributed by atoms with E-state index < -0.39 is 0 Å². The lowest BCUT2D eigenvalue weighted by Gasteiger charge is -2.03. The summed E-state index contributed by atoms with van der Waals surface area (Å²) >= 11 is 0. The van der Waals surface area contributed by atoms with Gasteiger partial charge in [-0.2, -0.15) is 5.10 Å². The molecule has 6 nitrogen and oxygen atoms in total. The van der Waals surface area contributed by atoms with Crippen LogP contribution in [-0.2, 0) is 6.54 Å². The number of aliphatic hydroxyl groups is 1. The summed E-state index contributed by atoms with van der Waals surface area (Å²) in [6.07, 6.45) is 7.10. The number of carbonyl (C=O) groups excluding carboxylic acids is 1.